The Hall–Kier alpha value is -0.380. The van der Waals surface area contributed by atoms with Crippen molar-refractivity contribution in [3.63, 3.8) is 0 Å². The summed E-state index contributed by atoms with van der Waals surface area (Å²) in [6, 6.07) is 2.39. The van der Waals surface area contributed by atoms with Crippen LogP contribution in [0.3, 0.4) is 0 Å². The first kappa shape index (κ1) is 14.0. The Morgan fingerprint density at radius 1 is 1.44 bits per heavy atom. The average molecular weight is 266 g/mol. The fourth-order valence-electron chi connectivity index (χ4n) is 2.59. The Morgan fingerprint density at radius 3 is 2.78 bits per heavy atom. The van der Waals surface area contributed by atoms with Crippen molar-refractivity contribution in [2.75, 3.05) is 20.1 Å². The number of thiophene rings is 1. The molecule has 2 nitrogen and oxygen atoms in total. The van der Waals surface area contributed by atoms with Gasteiger partial charge in [0.2, 0.25) is 0 Å². The third kappa shape index (κ3) is 3.56. The quantitative estimate of drug-likeness (QED) is 0.814. The number of aryl methyl sites for hydroxylation is 1. The minimum atomic E-state index is 0.973. The molecule has 2 rings (SSSR count). The van der Waals surface area contributed by atoms with E-state index in [4.69, 9.17) is 0 Å². The third-order valence-electron chi connectivity index (χ3n) is 4.00. The standard InChI is InChI=1S/C15H26N2S/c1-4-17(10-13-6-5-7-13)11-14-8-15(9-16-3)18-12(14)2/h8,13,16H,4-7,9-11H2,1-3H3. The summed E-state index contributed by atoms with van der Waals surface area (Å²) in [4.78, 5) is 5.57. The topological polar surface area (TPSA) is 15.3 Å². The molecule has 1 aliphatic carbocycles. The molecule has 1 aromatic rings. The molecule has 1 fully saturated rings. The lowest BCUT2D eigenvalue weighted by Crippen LogP contribution is -2.32. The molecule has 0 atom stereocenters. The largest absolute Gasteiger partial charge is 0.315 e. The second-order valence-electron chi connectivity index (χ2n) is 5.45. The second kappa shape index (κ2) is 6.69. The molecule has 0 spiro atoms. The predicted molar refractivity (Wildman–Crippen MR) is 80.1 cm³/mol. The van der Waals surface area contributed by atoms with Crippen LogP contribution in [0.25, 0.3) is 0 Å². The van der Waals surface area contributed by atoms with Crippen LogP contribution in [0.1, 0.15) is 41.5 Å². The molecule has 1 saturated carbocycles. The van der Waals surface area contributed by atoms with Gasteiger partial charge in [-0.1, -0.05) is 13.3 Å². The Labute approximate surface area is 115 Å². The lowest BCUT2D eigenvalue weighted by Gasteiger charge is -2.31. The van der Waals surface area contributed by atoms with Gasteiger partial charge in [0.05, 0.1) is 0 Å². The van der Waals surface area contributed by atoms with E-state index in [9.17, 15) is 0 Å². The van der Waals surface area contributed by atoms with Crippen LogP contribution in [-0.2, 0) is 13.1 Å². The van der Waals surface area contributed by atoms with Crippen molar-refractivity contribution >= 4 is 11.3 Å². The van der Waals surface area contributed by atoms with Crippen LogP contribution in [0.4, 0.5) is 0 Å². The zero-order valence-electron chi connectivity index (χ0n) is 12.0. The van der Waals surface area contributed by atoms with E-state index in [1.807, 2.05) is 18.4 Å². The van der Waals surface area contributed by atoms with E-state index in [-0.39, 0.29) is 0 Å². The maximum Gasteiger partial charge on any atom is 0.0296 e. The first-order valence-electron chi connectivity index (χ1n) is 7.18. The zero-order valence-corrected chi connectivity index (χ0v) is 12.8. The van der Waals surface area contributed by atoms with Crippen molar-refractivity contribution < 1.29 is 0 Å². The molecular formula is C15H26N2S. The van der Waals surface area contributed by atoms with E-state index >= 15 is 0 Å². The molecule has 1 aliphatic rings. The number of rotatable bonds is 7. The van der Waals surface area contributed by atoms with Crippen LogP contribution < -0.4 is 5.32 Å². The Morgan fingerprint density at radius 2 is 2.22 bits per heavy atom. The molecular weight excluding hydrogens is 240 g/mol. The summed E-state index contributed by atoms with van der Waals surface area (Å²) in [6.45, 7) is 9.16. The van der Waals surface area contributed by atoms with Crippen molar-refractivity contribution in [1.29, 1.82) is 0 Å². The molecule has 18 heavy (non-hydrogen) atoms. The van der Waals surface area contributed by atoms with E-state index in [0.29, 0.717) is 0 Å². The smallest absolute Gasteiger partial charge is 0.0296 e. The fourth-order valence-corrected chi connectivity index (χ4v) is 3.66. The van der Waals surface area contributed by atoms with E-state index < -0.39 is 0 Å². The highest BCUT2D eigenvalue weighted by Crippen LogP contribution is 2.28. The van der Waals surface area contributed by atoms with E-state index in [2.05, 4.69) is 30.1 Å². The number of hydrogen-bond acceptors (Lipinski definition) is 3. The Bertz CT molecular complexity index is 369. The van der Waals surface area contributed by atoms with Gasteiger partial charge in [0, 0.05) is 29.4 Å². The molecule has 1 heterocycles. The Balaban J connectivity index is 1.92. The maximum atomic E-state index is 3.24. The Kier molecular flexibility index (Phi) is 5.22. The van der Waals surface area contributed by atoms with Gasteiger partial charge in [-0.25, -0.2) is 0 Å². The normalized spacial score (nSPS) is 16.2. The predicted octanol–water partition coefficient (Wildman–Crippen LogP) is 3.40. The number of nitrogens with zero attached hydrogens (tertiary/aromatic N) is 1. The van der Waals surface area contributed by atoms with Crippen molar-refractivity contribution in [3.8, 4) is 0 Å². The highest BCUT2D eigenvalue weighted by Gasteiger charge is 2.20. The molecule has 0 aromatic carbocycles. The summed E-state index contributed by atoms with van der Waals surface area (Å²) in [6.07, 6.45) is 4.35. The van der Waals surface area contributed by atoms with E-state index in [1.54, 1.807) is 0 Å². The van der Waals surface area contributed by atoms with Gasteiger partial charge < -0.3 is 5.32 Å². The summed E-state index contributed by atoms with van der Waals surface area (Å²) in [5, 5.41) is 3.24. The van der Waals surface area contributed by atoms with Gasteiger partial charge in [-0.15, -0.1) is 11.3 Å². The summed E-state index contributed by atoms with van der Waals surface area (Å²) in [7, 11) is 2.02. The minimum absolute atomic E-state index is 0.973. The summed E-state index contributed by atoms with van der Waals surface area (Å²) in [5.74, 6) is 0.973. The van der Waals surface area contributed by atoms with Crippen molar-refractivity contribution in [3.05, 3.63) is 21.4 Å². The molecule has 1 aromatic heterocycles. The summed E-state index contributed by atoms with van der Waals surface area (Å²) >= 11 is 1.94. The van der Waals surface area contributed by atoms with Crippen molar-refractivity contribution in [2.45, 2.75) is 46.2 Å². The lowest BCUT2D eigenvalue weighted by molar-refractivity contribution is 0.178. The van der Waals surface area contributed by atoms with Gasteiger partial charge in [0.25, 0.3) is 0 Å². The van der Waals surface area contributed by atoms with Gasteiger partial charge in [0.1, 0.15) is 0 Å². The zero-order chi connectivity index (χ0) is 13.0. The van der Waals surface area contributed by atoms with Crippen LogP contribution in [0.2, 0.25) is 0 Å². The molecule has 0 unspecified atom stereocenters. The molecule has 3 heteroatoms. The fraction of sp³-hybridized carbons (Fsp3) is 0.733. The first-order chi connectivity index (χ1) is 8.72. The molecule has 0 amide bonds. The van der Waals surface area contributed by atoms with E-state index in [1.165, 1.54) is 47.7 Å². The number of nitrogens with one attached hydrogen (secondary N) is 1. The first-order valence-corrected chi connectivity index (χ1v) is 7.99. The average Bonchev–Trinajstić information content (AvgIpc) is 2.63. The van der Waals surface area contributed by atoms with Gasteiger partial charge in [-0.05, 0) is 50.9 Å². The minimum Gasteiger partial charge on any atom is -0.315 e. The molecule has 102 valence electrons. The van der Waals surface area contributed by atoms with Gasteiger partial charge in [-0.2, -0.15) is 0 Å². The van der Waals surface area contributed by atoms with E-state index in [0.717, 1.165) is 19.0 Å². The molecule has 0 radical (unpaired) electrons. The summed E-state index contributed by atoms with van der Waals surface area (Å²) in [5.41, 5.74) is 1.53. The molecule has 0 saturated heterocycles. The van der Waals surface area contributed by atoms with Crippen LogP contribution in [0.15, 0.2) is 6.07 Å². The lowest BCUT2D eigenvalue weighted by atomic mass is 9.85. The maximum absolute atomic E-state index is 3.24. The third-order valence-corrected chi connectivity index (χ3v) is 5.10. The highest BCUT2D eigenvalue weighted by molar-refractivity contribution is 7.12. The molecule has 0 bridgehead atoms. The van der Waals surface area contributed by atoms with Crippen molar-refractivity contribution in [1.82, 2.24) is 10.2 Å². The monoisotopic (exact) mass is 266 g/mol. The van der Waals surface area contributed by atoms with Crippen molar-refractivity contribution in [2.24, 2.45) is 5.92 Å². The second-order valence-corrected chi connectivity index (χ2v) is 6.79. The van der Waals surface area contributed by atoms with Gasteiger partial charge in [0.15, 0.2) is 0 Å². The number of hydrogen-bond donors (Lipinski definition) is 1. The molecule has 0 aliphatic heterocycles. The van der Waals surface area contributed by atoms with Crippen LogP contribution in [-0.4, -0.2) is 25.0 Å². The van der Waals surface area contributed by atoms with Crippen LogP contribution in [0.5, 0.6) is 0 Å². The highest BCUT2D eigenvalue weighted by atomic mass is 32.1. The van der Waals surface area contributed by atoms with Crippen LogP contribution >= 0.6 is 11.3 Å². The van der Waals surface area contributed by atoms with Crippen LogP contribution in [0, 0.1) is 12.8 Å². The SMILES string of the molecule is CCN(Cc1cc(CNC)sc1C)CC1CCC1. The molecule has 1 N–H and O–H groups in total. The summed E-state index contributed by atoms with van der Waals surface area (Å²) < 4.78 is 0. The van der Waals surface area contributed by atoms with Gasteiger partial charge >= 0.3 is 0 Å². The van der Waals surface area contributed by atoms with Gasteiger partial charge in [-0.3, -0.25) is 4.90 Å².